The van der Waals surface area contributed by atoms with Gasteiger partial charge in [-0.3, -0.25) is 14.9 Å². The van der Waals surface area contributed by atoms with Gasteiger partial charge in [-0.1, -0.05) is 0 Å². The van der Waals surface area contributed by atoms with E-state index in [4.69, 9.17) is 4.42 Å². The number of hydrogen-bond donors (Lipinski definition) is 4. The van der Waals surface area contributed by atoms with Gasteiger partial charge in [0, 0.05) is 42.5 Å². The van der Waals surface area contributed by atoms with E-state index in [0.29, 0.717) is 31.6 Å². The fraction of sp³-hybridized carbons (Fsp3) is 0.375. The number of carbonyl (C=O) groups excluding carboxylic acids is 2. The van der Waals surface area contributed by atoms with Crippen molar-refractivity contribution >= 4 is 34.4 Å². The number of H-pyrrole nitrogens is 1. The topological polar surface area (TPSA) is 151 Å². The van der Waals surface area contributed by atoms with Crippen molar-refractivity contribution in [3.63, 3.8) is 0 Å². The highest BCUT2D eigenvalue weighted by Gasteiger charge is 2.28. The summed E-state index contributed by atoms with van der Waals surface area (Å²) in [7, 11) is 0. The summed E-state index contributed by atoms with van der Waals surface area (Å²) in [5.74, 6) is 0.526. The second-order valence-electron chi connectivity index (χ2n) is 8.40. The first-order valence-corrected chi connectivity index (χ1v) is 11.5. The van der Waals surface area contributed by atoms with Gasteiger partial charge >= 0.3 is 0 Å². The van der Waals surface area contributed by atoms with Crippen LogP contribution in [0.4, 0.5) is 5.69 Å². The van der Waals surface area contributed by atoms with Gasteiger partial charge in [0.1, 0.15) is 17.4 Å². The molecule has 1 saturated heterocycles. The number of furan rings is 1. The first-order chi connectivity index (χ1) is 17.0. The Morgan fingerprint density at radius 1 is 1.37 bits per heavy atom. The highest BCUT2D eigenvalue weighted by molar-refractivity contribution is 5.98. The number of guanidine groups is 1. The molecule has 2 amide bonds. The molecule has 0 radical (unpaired) electrons. The van der Waals surface area contributed by atoms with Crippen LogP contribution in [0.2, 0.25) is 0 Å². The molecule has 1 aromatic carbocycles. The number of aromatic amines is 1. The molecule has 1 atom stereocenters. The van der Waals surface area contributed by atoms with E-state index in [1.807, 2.05) is 37.4 Å². The fourth-order valence-corrected chi connectivity index (χ4v) is 4.04. The minimum Gasteiger partial charge on any atom is -0.461 e. The molecule has 0 bridgehead atoms. The number of nitriles is 1. The molecule has 4 N–H and O–H groups in total. The third kappa shape index (κ3) is 6.38. The van der Waals surface area contributed by atoms with Crippen molar-refractivity contribution in [2.45, 2.75) is 38.6 Å². The van der Waals surface area contributed by atoms with Crippen LogP contribution in [-0.4, -0.2) is 58.3 Å². The number of carbonyl (C=O) groups is 2. The number of aromatic nitrogens is 2. The number of nitrogens with zero attached hydrogens (tertiary/aromatic N) is 4. The molecular formula is C24H28N8O3. The number of anilines is 1. The Labute approximate surface area is 202 Å². The summed E-state index contributed by atoms with van der Waals surface area (Å²) in [5, 5.41) is 18.6. The lowest BCUT2D eigenvalue weighted by Crippen LogP contribution is -2.44. The van der Waals surface area contributed by atoms with Crippen molar-refractivity contribution in [3.05, 3.63) is 48.2 Å². The predicted molar refractivity (Wildman–Crippen MR) is 130 cm³/mol. The van der Waals surface area contributed by atoms with Crippen molar-refractivity contribution in [2.75, 3.05) is 25.0 Å². The SMILES string of the molecule is Cc1cc2cc(NC(=NC3CCCCN(CC(=O)NCCc4cnc[nH]4)C3=O)NC#N)ccc2o1. The maximum atomic E-state index is 13.2. The number of rotatable bonds is 7. The van der Waals surface area contributed by atoms with E-state index in [2.05, 4.69) is 30.9 Å². The van der Waals surface area contributed by atoms with Crippen LogP contribution < -0.4 is 16.0 Å². The number of aryl methyl sites for hydroxylation is 1. The van der Waals surface area contributed by atoms with E-state index in [-0.39, 0.29) is 24.3 Å². The lowest BCUT2D eigenvalue weighted by atomic mass is 10.1. The zero-order valence-electron chi connectivity index (χ0n) is 19.5. The van der Waals surface area contributed by atoms with Gasteiger partial charge in [-0.15, -0.1) is 0 Å². The van der Waals surface area contributed by atoms with E-state index in [0.717, 1.165) is 35.3 Å². The molecule has 0 aliphatic carbocycles. The average molecular weight is 477 g/mol. The number of likely N-dealkylation sites (tertiary alicyclic amines) is 1. The summed E-state index contributed by atoms with van der Waals surface area (Å²) in [6, 6.07) is 6.75. The van der Waals surface area contributed by atoms with Crippen molar-refractivity contribution in [2.24, 2.45) is 4.99 Å². The minimum absolute atomic E-state index is 0.0290. The van der Waals surface area contributed by atoms with Crippen LogP contribution in [0.25, 0.3) is 11.0 Å². The maximum absolute atomic E-state index is 13.2. The first-order valence-electron chi connectivity index (χ1n) is 11.5. The second kappa shape index (κ2) is 11.2. The number of imidazole rings is 1. The Balaban J connectivity index is 1.40. The lowest BCUT2D eigenvalue weighted by Gasteiger charge is -2.22. The number of amides is 2. The summed E-state index contributed by atoms with van der Waals surface area (Å²) in [6.45, 7) is 2.79. The normalized spacial score (nSPS) is 16.6. The Kier molecular flexibility index (Phi) is 7.62. The van der Waals surface area contributed by atoms with E-state index >= 15 is 0 Å². The summed E-state index contributed by atoms with van der Waals surface area (Å²) in [5.41, 5.74) is 2.39. The van der Waals surface area contributed by atoms with Crippen LogP contribution >= 0.6 is 0 Å². The summed E-state index contributed by atoms with van der Waals surface area (Å²) in [6.07, 6.45) is 7.91. The Morgan fingerprint density at radius 3 is 3.06 bits per heavy atom. The van der Waals surface area contributed by atoms with Gasteiger partial charge < -0.3 is 24.9 Å². The smallest absolute Gasteiger partial charge is 0.247 e. The average Bonchev–Trinajstić information content (AvgIpc) is 3.44. The third-order valence-electron chi connectivity index (χ3n) is 5.72. The standard InChI is InChI=1S/C24H28N8O3/c1-16-10-17-11-18(5-6-21(17)35-16)30-24(28-14-25)31-20-4-2-3-9-32(23(20)34)13-22(33)27-8-7-19-12-26-15-29-19/h5-6,10-12,15,20H,2-4,7-9,13H2,1H3,(H,26,29)(H,27,33)(H2,28,30,31). The zero-order chi connectivity index (χ0) is 24.6. The first kappa shape index (κ1) is 23.8. The van der Waals surface area contributed by atoms with E-state index in [9.17, 15) is 14.9 Å². The molecule has 4 rings (SSSR count). The van der Waals surface area contributed by atoms with Gasteiger partial charge in [0.05, 0.1) is 12.9 Å². The van der Waals surface area contributed by atoms with Gasteiger partial charge in [-0.05, 0) is 50.5 Å². The number of fused-ring (bicyclic) bond motifs is 1. The maximum Gasteiger partial charge on any atom is 0.247 e. The molecule has 0 spiro atoms. The molecule has 1 unspecified atom stereocenters. The Hall–Kier alpha value is -4.33. The molecular weight excluding hydrogens is 448 g/mol. The molecule has 1 fully saturated rings. The van der Waals surface area contributed by atoms with Crippen LogP contribution in [-0.2, 0) is 16.0 Å². The second-order valence-corrected chi connectivity index (χ2v) is 8.40. The summed E-state index contributed by atoms with van der Waals surface area (Å²) < 4.78 is 5.60. The van der Waals surface area contributed by atoms with E-state index in [1.54, 1.807) is 12.5 Å². The number of nitrogens with one attached hydrogen (secondary N) is 4. The third-order valence-corrected chi connectivity index (χ3v) is 5.72. The summed E-state index contributed by atoms with van der Waals surface area (Å²) >= 11 is 0. The summed E-state index contributed by atoms with van der Waals surface area (Å²) in [4.78, 5) is 38.6. The monoisotopic (exact) mass is 476 g/mol. The fourth-order valence-electron chi connectivity index (χ4n) is 4.04. The van der Waals surface area contributed by atoms with Gasteiger partial charge in [0.2, 0.25) is 17.8 Å². The van der Waals surface area contributed by atoms with Crippen LogP contribution in [0.5, 0.6) is 0 Å². The molecule has 1 aliphatic heterocycles. The predicted octanol–water partition coefficient (Wildman–Crippen LogP) is 2.04. The van der Waals surface area contributed by atoms with Crippen molar-refractivity contribution in [1.29, 1.82) is 5.26 Å². The van der Waals surface area contributed by atoms with E-state index in [1.165, 1.54) is 4.90 Å². The Morgan fingerprint density at radius 2 is 2.26 bits per heavy atom. The molecule has 182 valence electrons. The molecule has 11 nitrogen and oxygen atoms in total. The molecule has 0 saturated carbocycles. The Bertz CT molecular complexity index is 1240. The van der Waals surface area contributed by atoms with Crippen LogP contribution in [0.3, 0.4) is 0 Å². The lowest BCUT2D eigenvalue weighted by molar-refractivity contribution is -0.136. The van der Waals surface area contributed by atoms with Gasteiger partial charge in [-0.2, -0.15) is 5.26 Å². The van der Waals surface area contributed by atoms with Crippen molar-refractivity contribution in [1.82, 2.24) is 25.5 Å². The highest BCUT2D eigenvalue weighted by Crippen LogP contribution is 2.23. The number of hydrogen-bond acceptors (Lipinski definition) is 6. The van der Waals surface area contributed by atoms with E-state index < -0.39 is 6.04 Å². The van der Waals surface area contributed by atoms with Gasteiger partial charge in [0.15, 0.2) is 6.19 Å². The highest BCUT2D eigenvalue weighted by atomic mass is 16.3. The van der Waals surface area contributed by atoms with Crippen LogP contribution in [0.15, 0.2) is 46.2 Å². The minimum atomic E-state index is -0.696. The van der Waals surface area contributed by atoms with Crippen molar-refractivity contribution in [3.8, 4) is 6.19 Å². The molecule has 3 heterocycles. The largest absolute Gasteiger partial charge is 0.461 e. The van der Waals surface area contributed by atoms with Crippen molar-refractivity contribution < 1.29 is 14.0 Å². The van der Waals surface area contributed by atoms with Crippen LogP contribution in [0.1, 0.15) is 30.7 Å². The molecule has 11 heteroatoms. The number of benzene rings is 1. The van der Waals surface area contributed by atoms with Crippen LogP contribution in [0, 0.1) is 18.4 Å². The molecule has 1 aliphatic rings. The van der Waals surface area contributed by atoms with Gasteiger partial charge in [-0.25, -0.2) is 9.98 Å². The quantitative estimate of drug-likeness (QED) is 0.176. The molecule has 3 aromatic rings. The van der Waals surface area contributed by atoms with Gasteiger partial charge in [0.25, 0.3) is 0 Å². The zero-order valence-corrected chi connectivity index (χ0v) is 19.5. The number of aliphatic imine (C=N–C) groups is 1. The molecule has 35 heavy (non-hydrogen) atoms. The molecule has 2 aromatic heterocycles.